The van der Waals surface area contributed by atoms with Gasteiger partial charge in [-0.3, -0.25) is 0 Å². The molecular weight excluding hydrogens is 249 g/mol. The van der Waals surface area contributed by atoms with E-state index >= 15 is 0 Å². The van der Waals surface area contributed by atoms with Gasteiger partial charge in [0.15, 0.2) is 0 Å². The highest BCUT2D eigenvalue weighted by molar-refractivity contribution is 6.34. The topological polar surface area (TPSA) is 30.5 Å². The van der Waals surface area contributed by atoms with E-state index in [1.165, 1.54) is 0 Å². The lowest BCUT2D eigenvalue weighted by molar-refractivity contribution is 0.0593. The van der Waals surface area contributed by atoms with Gasteiger partial charge in [0.05, 0.1) is 24.3 Å². The van der Waals surface area contributed by atoms with Crippen LogP contribution in [0.5, 0.6) is 5.75 Å². The fraction of sp³-hybridized carbons (Fsp3) is 0.455. The molecule has 1 aliphatic heterocycles. The third-order valence-corrected chi connectivity index (χ3v) is 2.88. The molecule has 0 saturated carbocycles. The average Bonchev–Trinajstić information content (AvgIpc) is 2.32. The average molecular weight is 262 g/mol. The van der Waals surface area contributed by atoms with Crippen molar-refractivity contribution in [2.45, 2.75) is 6.04 Å². The Morgan fingerprint density at radius 1 is 1.44 bits per heavy atom. The van der Waals surface area contributed by atoms with Crippen LogP contribution in [0.1, 0.15) is 0 Å². The summed E-state index contributed by atoms with van der Waals surface area (Å²) in [6.45, 7) is 2.81. The van der Waals surface area contributed by atoms with Crippen molar-refractivity contribution in [1.29, 1.82) is 0 Å². The van der Waals surface area contributed by atoms with Crippen LogP contribution >= 0.6 is 23.2 Å². The summed E-state index contributed by atoms with van der Waals surface area (Å²) in [6, 6.07) is 5.39. The van der Waals surface area contributed by atoms with E-state index in [4.69, 9.17) is 32.7 Å². The monoisotopic (exact) mass is 261 g/mol. The highest BCUT2D eigenvalue weighted by Gasteiger charge is 2.14. The lowest BCUT2D eigenvalue weighted by Crippen LogP contribution is -2.44. The van der Waals surface area contributed by atoms with Crippen molar-refractivity contribution in [3.05, 3.63) is 28.2 Å². The van der Waals surface area contributed by atoms with Crippen LogP contribution in [0, 0.1) is 0 Å². The van der Waals surface area contributed by atoms with Crippen LogP contribution in [0.3, 0.4) is 0 Å². The molecule has 0 bridgehead atoms. The summed E-state index contributed by atoms with van der Waals surface area (Å²) in [5, 5.41) is 4.49. The Balaban J connectivity index is 1.90. The molecule has 1 saturated heterocycles. The summed E-state index contributed by atoms with van der Waals surface area (Å²) >= 11 is 11.8. The first kappa shape index (κ1) is 12.0. The van der Waals surface area contributed by atoms with E-state index < -0.39 is 0 Å². The van der Waals surface area contributed by atoms with Crippen LogP contribution in [0.25, 0.3) is 0 Å². The van der Waals surface area contributed by atoms with E-state index in [1.807, 2.05) is 0 Å². The number of hydrogen-bond donors (Lipinski definition) is 1. The second-order valence-electron chi connectivity index (χ2n) is 3.61. The van der Waals surface area contributed by atoms with E-state index in [0.717, 1.165) is 13.2 Å². The molecule has 0 aromatic heterocycles. The molecule has 3 nitrogen and oxygen atoms in total. The third kappa shape index (κ3) is 3.25. The van der Waals surface area contributed by atoms with Gasteiger partial charge in [0.2, 0.25) is 0 Å². The summed E-state index contributed by atoms with van der Waals surface area (Å²) < 4.78 is 10.9. The van der Waals surface area contributed by atoms with E-state index in [2.05, 4.69) is 5.32 Å². The summed E-state index contributed by atoms with van der Waals surface area (Å²) in [7, 11) is 0. The number of nitrogens with one attached hydrogen (secondary N) is 1. The Bertz CT molecular complexity index is 354. The van der Waals surface area contributed by atoms with Crippen molar-refractivity contribution in [2.24, 2.45) is 0 Å². The SMILES string of the molecule is Clc1ccc(Cl)c(OCC2COCCN2)c1. The van der Waals surface area contributed by atoms with E-state index in [-0.39, 0.29) is 6.04 Å². The van der Waals surface area contributed by atoms with E-state index in [0.29, 0.717) is 29.0 Å². The zero-order chi connectivity index (χ0) is 11.4. The third-order valence-electron chi connectivity index (χ3n) is 2.33. The molecule has 0 spiro atoms. The summed E-state index contributed by atoms with van der Waals surface area (Å²) in [6.07, 6.45) is 0. The first-order chi connectivity index (χ1) is 7.75. The van der Waals surface area contributed by atoms with Crippen molar-refractivity contribution in [2.75, 3.05) is 26.4 Å². The molecule has 5 heteroatoms. The van der Waals surface area contributed by atoms with Crippen LogP contribution in [-0.2, 0) is 4.74 Å². The second-order valence-corrected chi connectivity index (χ2v) is 4.46. The van der Waals surface area contributed by atoms with Crippen LogP contribution in [-0.4, -0.2) is 32.4 Å². The molecule has 2 rings (SSSR count). The minimum Gasteiger partial charge on any atom is -0.490 e. The predicted molar refractivity (Wildman–Crippen MR) is 64.6 cm³/mol. The molecule has 1 aromatic carbocycles. The first-order valence-corrected chi connectivity index (χ1v) is 5.90. The lowest BCUT2D eigenvalue weighted by atomic mass is 10.3. The largest absolute Gasteiger partial charge is 0.490 e. The van der Waals surface area contributed by atoms with Crippen LogP contribution in [0.15, 0.2) is 18.2 Å². The number of ether oxygens (including phenoxy) is 2. The molecule has 1 heterocycles. The maximum atomic E-state index is 5.98. The standard InChI is InChI=1S/C11H13Cl2NO2/c12-8-1-2-10(13)11(5-8)16-7-9-6-15-4-3-14-9/h1-2,5,9,14H,3-4,6-7H2. The van der Waals surface area contributed by atoms with Gasteiger partial charge in [-0.05, 0) is 12.1 Å². The maximum Gasteiger partial charge on any atom is 0.139 e. The molecule has 0 radical (unpaired) electrons. The fourth-order valence-corrected chi connectivity index (χ4v) is 1.84. The molecule has 1 N–H and O–H groups in total. The summed E-state index contributed by atoms with van der Waals surface area (Å²) in [5.41, 5.74) is 0. The van der Waals surface area contributed by atoms with Crippen molar-refractivity contribution < 1.29 is 9.47 Å². The Hall–Kier alpha value is -0.480. The Kier molecular flexibility index (Phi) is 4.29. The van der Waals surface area contributed by atoms with Crippen molar-refractivity contribution in [3.63, 3.8) is 0 Å². The molecule has 0 aliphatic carbocycles. The number of halogens is 2. The van der Waals surface area contributed by atoms with Crippen molar-refractivity contribution >= 4 is 23.2 Å². The molecule has 1 aromatic rings. The zero-order valence-corrected chi connectivity index (χ0v) is 10.2. The van der Waals surface area contributed by atoms with E-state index in [1.54, 1.807) is 18.2 Å². The number of rotatable bonds is 3. The molecule has 1 fully saturated rings. The van der Waals surface area contributed by atoms with Crippen molar-refractivity contribution in [1.82, 2.24) is 5.32 Å². The van der Waals surface area contributed by atoms with Crippen LogP contribution < -0.4 is 10.1 Å². The first-order valence-electron chi connectivity index (χ1n) is 5.14. The lowest BCUT2D eigenvalue weighted by Gasteiger charge is -2.24. The number of morpholine rings is 1. The normalized spacial score (nSPS) is 20.8. The second kappa shape index (κ2) is 5.73. The van der Waals surface area contributed by atoms with Gasteiger partial charge in [-0.15, -0.1) is 0 Å². The van der Waals surface area contributed by atoms with Crippen LogP contribution in [0.4, 0.5) is 0 Å². The molecule has 0 amide bonds. The molecule has 1 atom stereocenters. The Morgan fingerprint density at radius 3 is 3.06 bits per heavy atom. The van der Waals surface area contributed by atoms with Gasteiger partial charge in [-0.2, -0.15) is 0 Å². The zero-order valence-electron chi connectivity index (χ0n) is 8.71. The highest BCUT2D eigenvalue weighted by atomic mass is 35.5. The molecule has 16 heavy (non-hydrogen) atoms. The smallest absolute Gasteiger partial charge is 0.139 e. The van der Waals surface area contributed by atoms with Gasteiger partial charge >= 0.3 is 0 Å². The van der Waals surface area contributed by atoms with E-state index in [9.17, 15) is 0 Å². The molecule has 1 unspecified atom stereocenters. The van der Waals surface area contributed by atoms with Gasteiger partial charge in [0.1, 0.15) is 12.4 Å². The van der Waals surface area contributed by atoms with Gasteiger partial charge < -0.3 is 14.8 Å². The summed E-state index contributed by atoms with van der Waals surface area (Å²) in [4.78, 5) is 0. The van der Waals surface area contributed by atoms with Gasteiger partial charge in [-0.25, -0.2) is 0 Å². The Labute approximate surface area is 105 Å². The van der Waals surface area contributed by atoms with Gasteiger partial charge in [0.25, 0.3) is 0 Å². The molecule has 88 valence electrons. The fourth-order valence-electron chi connectivity index (χ4n) is 1.50. The summed E-state index contributed by atoms with van der Waals surface area (Å²) in [5.74, 6) is 0.613. The van der Waals surface area contributed by atoms with Crippen LogP contribution in [0.2, 0.25) is 10.0 Å². The number of hydrogen-bond acceptors (Lipinski definition) is 3. The minimum absolute atomic E-state index is 0.212. The maximum absolute atomic E-state index is 5.98. The number of benzene rings is 1. The van der Waals surface area contributed by atoms with Crippen molar-refractivity contribution in [3.8, 4) is 5.75 Å². The predicted octanol–water partition coefficient (Wildman–Crippen LogP) is 2.36. The quantitative estimate of drug-likeness (QED) is 0.907. The van der Waals surface area contributed by atoms with Gasteiger partial charge in [-0.1, -0.05) is 23.2 Å². The molecule has 1 aliphatic rings. The van der Waals surface area contributed by atoms with Gasteiger partial charge in [0, 0.05) is 17.6 Å². The molecular formula is C11H13Cl2NO2. The highest BCUT2D eigenvalue weighted by Crippen LogP contribution is 2.27. The minimum atomic E-state index is 0.212. The Morgan fingerprint density at radius 2 is 2.31 bits per heavy atom.